The highest BCUT2D eigenvalue weighted by Crippen LogP contribution is 2.36. The molecule has 45 heavy (non-hydrogen) atoms. The van der Waals surface area contributed by atoms with Gasteiger partial charge in [-0.15, -0.1) is 5.10 Å². The van der Waals surface area contributed by atoms with E-state index in [2.05, 4.69) is 41.2 Å². The molecule has 0 aliphatic carbocycles. The smallest absolute Gasteiger partial charge is 0.411 e. The van der Waals surface area contributed by atoms with Crippen molar-refractivity contribution >= 4 is 41.1 Å². The molecule has 2 aromatic carbocycles. The fraction of sp³-hybridized carbons (Fsp3) is 0.267. The first-order valence-electron chi connectivity index (χ1n) is 13.9. The third-order valence-corrected chi connectivity index (χ3v) is 7.41. The first kappa shape index (κ1) is 31.4. The zero-order chi connectivity index (χ0) is 32.0. The number of methoxy groups -OCH3 is 1. The van der Waals surface area contributed by atoms with Crippen LogP contribution in [-0.2, 0) is 9.53 Å². The molecular formula is C30H28ClF3N8O3. The number of hydrogen-bond donors (Lipinski definition) is 3. The summed E-state index contributed by atoms with van der Waals surface area (Å²) in [7, 11) is 1.19. The van der Waals surface area contributed by atoms with E-state index in [1.165, 1.54) is 30.3 Å². The molecule has 0 fully saturated rings. The first-order valence-corrected chi connectivity index (χ1v) is 14.3. The van der Waals surface area contributed by atoms with Crippen LogP contribution in [0.4, 0.5) is 29.3 Å². The van der Waals surface area contributed by atoms with Gasteiger partial charge in [-0.3, -0.25) is 15.1 Å². The lowest BCUT2D eigenvalue weighted by atomic mass is 9.96. The Labute approximate surface area is 260 Å². The van der Waals surface area contributed by atoms with Gasteiger partial charge in [-0.2, -0.15) is 17.9 Å². The molecule has 1 aliphatic heterocycles. The quantitative estimate of drug-likeness (QED) is 0.215. The molecule has 0 saturated heterocycles. The molecule has 0 radical (unpaired) electrons. The Morgan fingerprint density at radius 2 is 1.93 bits per heavy atom. The van der Waals surface area contributed by atoms with Crippen molar-refractivity contribution in [3.8, 4) is 16.8 Å². The summed E-state index contributed by atoms with van der Waals surface area (Å²) in [5.74, 6) is -0.435. The summed E-state index contributed by atoms with van der Waals surface area (Å²) >= 11 is 6.18. The monoisotopic (exact) mass is 640 g/mol. The number of carbonyl (C=O) groups excluding carboxylic acids is 2. The van der Waals surface area contributed by atoms with Gasteiger partial charge in [0.15, 0.2) is 0 Å². The maximum Gasteiger partial charge on any atom is 0.411 e. The second kappa shape index (κ2) is 13.8. The lowest BCUT2D eigenvalue weighted by Gasteiger charge is -2.26. The van der Waals surface area contributed by atoms with Gasteiger partial charge in [0.1, 0.15) is 12.4 Å². The molecule has 234 valence electrons. The molecule has 2 bridgehead atoms. The Morgan fingerprint density at radius 1 is 1.11 bits per heavy atom. The summed E-state index contributed by atoms with van der Waals surface area (Å²) in [5, 5.41) is 19.7. The average molecular weight is 641 g/mol. The number of aromatic nitrogens is 5. The van der Waals surface area contributed by atoms with Crippen LogP contribution in [0, 0.1) is 0 Å². The lowest BCUT2D eigenvalue weighted by molar-refractivity contribution is -0.144. The minimum atomic E-state index is -4.53. The fourth-order valence-corrected chi connectivity index (χ4v) is 5.17. The van der Waals surface area contributed by atoms with E-state index < -0.39 is 30.3 Å². The van der Waals surface area contributed by atoms with Crippen molar-refractivity contribution in [1.82, 2.24) is 30.5 Å². The number of fused-ring (bicyclic) bond motifs is 4. The molecular weight excluding hydrogens is 613 g/mol. The maximum atomic E-state index is 14.1. The standard InChI is InChI=1S/C30H28ClF3N8O3/c1-45-29(44)37-21-8-9-22-18-12-13-35-25(15-18)23(4-2-3-5-27(30(32,33)34)38-24(22)16-21)39-28(43)11-6-19-14-20(31)7-10-26(19)42-17-36-40-41-42/h6-17,23,27,38H,2-5H2,1H3,(H,37,44)(H,39,43)/b11-6+/t23?,27-/m0/s1. The van der Waals surface area contributed by atoms with Gasteiger partial charge in [0.05, 0.1) is 24.5 Å². The predicted octanol–water partition coefficient (Wildman–Crippen LogP) is 6.34. The number of ether oxygens (including phenoxy) is 1. The van der Waals surface area contributed by atoms with Gasteiger partial charge in [-0.25, -0.2) is 4.79 Å². The normalized spacial score (nSPS) is 16.9. The molecule has 3 heterocycles. The van der Waals surface area contributed by atoms with E-state index in [0.717, 1.165) is 0 Å². The molecule has 1 unspecified atom stereocenters. The highest BCUT2D eigenvalue weighted by atomic mass is 35.5. The second-order valence-corrected chi connectivity index (χ2v) is 10.7. The van der Waals surface area contributed by atoms with E-state index in [1.54, 1.807) is 54.7 Å². The van der Waals surface area contributed by atoms with Gasteiger partial charge < -0.3 is 15.4 Å². The highest BCUT2D eigenvalue weighted by Gasteiger charge is 2.39. The van der Waals surface area contributed by atoms with Gasteiger partial charge >= 0.3 is 12.3 Å². The van der Waals surface area contributed by atoms with Crippen molar-refractivity contribution in [2.75, 3.05) is 17.7 Å². The van der Waals surface area contributed by atoms with E-state index in [-0.39, 0.29) is 24.2 Å². The highest BCUT2D eigenvalue weighted by molar-refractivity contribution is 6.30. The summed E-state index contributed by atoms with van der Waals surface area (Å²) in [4.78, 5) is 29.4. The second-order valence-electron chi connectivity index (χ2n) is 10.2. The van der Waals surface area contributed by atoms with Crippen molar-refractivity contribution < 1.29 is 27.5 Å². The molecule has 0 saturated carbocycles. The van der Waals surface area contributed by atoms with E-state index in [4.69, 9.17) is 11.6 Å². The maximum absolute atomic E-state index is 14.1. The number of carbonyl (C=O) groups is 2. The number of nitrogens with one attached hydrogen (secondary N) is 3. The average Bonchev–Trinajstić information content (AvgIpc) is 3.55. The van der Waals surface area contributed by atoms with E-state index >= 15 is 0 Å². The Morgan fingerprint density at radius 3 is 2.69 bits per heavy atom. The number of rotatable bonds is 5. The van der Waals surface area contributed by atoms with Crippen molar-refractivity contribution in [3.63, 3.8) is 0 Å². The van der Waals surface area contributed by atoms with Crippen molar-refractivity contribution in [3.05, 3.63) is 83.4 Å². The van der Waals surface area contributed by atoms with Crippen LogP contribution in [0.15, 0.2) is 67.1 Å². The number of pyridine rings is 1. The topological polar surface area (TPSA) is 136 Å². The molecule has 0 spiro atoms. The number of nitrogens with zero attached hydrogens (tertiary/aromatic N) is 5. The Balaban J connectivity index is 1.45. The Hall–Kier alpha value is -4.98. The lowest BCUT2D eigenvalue weighted by Crippen LogP contribution is -2.36. The van der Waals surface area contributed by atoms with Crippen molar-refractivity contribution in [2.45, 2.75) is 43.9 Å². The van der Waals surface area contributed by atoms with Crippen LogP contribution in [0.1, 0.15) is 43.0 Å². The van der Waals surface area contributed by atoms with Gasteiger partial charge in [0, 0.05) is 39.8 Å². The summed E-state index contributed by atoms with van der Waals surface area (Å²) in [6.45, 7) is 0. The van der Waals surface area contributed by atoms with Crippen LogP contribution < -0.4 is 16.0 Å². The number of anilines is 2. The van der Waals surface area contributed by atoms with Gasteiger partial charge in [-0.05, 0) is 77.4 Å². The number of hydrogen-bond acceptors (Lipinski definition) is 8. The van der Waals surface area contributed by atoms with Crippen molar-refractivity contribution in [2.24, 2.45) is 0 Å². The zero-order valence-corrected chi connectivity index (χ0v) is 24.6. The summed E-state index contributed by atoms with van der Waals surface area (Å²) < 4.78 is 48.4. The number of amides is 2. The third kappa shape index (κ3) is 7.95. The predicted molar refractivity (Wildman–Crippen MR) is 162 cm³/mol. The summed E-state index contributed by atoms with van der Waals surface area (Å²) in [6.07, 6.45) is 1.38. The minimum Gasteiger partial charge on any atom is -0.453 e. The van der Waals surface area contributed by atoms with E-state index in [0.29, 0.717) is 45.9 Å². The van der Waals surface area contributed by atoms with Crippen LogP contribution >= 0.6 is 11.6 Å². The molecule has 1 aliphatic rings. The number of alkyl halides is 3. The molecule has 15 heteroatoms. The van der Waals surface area contributed by atoms with E-state index in [1.807, 2.05) is 0 Å². The summed E-state index contributed by atoms with van der Waals surface area (Å²) in [5.41, 5.74) is 3.21. The SMILES string of the molecule is COC(=O)Nc1ccc2c(c1)N[C@H](C(F)(F)F)CCCCC(NC(=O)/C=C/c1cc(Cl)ccc1-n1cnnn1)c1cc-2ccn1. The Kier molecular flexibility index (Phi) is 9.62. The Bertz CT molecular complexity index is 1700. The number of tetrazole rings is 1. The number of halogens is 4. The molecule has 2 atom stereocenters. The molecule has 2 aromatic heterocycles. The van der Waals surface area contributed by atoms with Crippen LogP contribution in [0.5, 0.6) is 0 Å². The van der Waals surface area contributed by atoms with Crippen LogP contribution in [0.2, 0.25) is 5.02 Å². The van der Waals surface area contributed by atoms with Crippen LogP contribution in [0.25, 0.3) is 22.9 Å². The largest absolute Gasteiger partial charge is 0.453 e. The van der Waals surface area contributed by atoms with Crippen LogP contribution in [0.3, 0.4) is 0 Å². The van der Waals surface area contributed by atoms with Crippen LogP contribution in [-0.4, -0.2) is 56.5 Å². The van der Waals surface area contributed by atoms with E-state index in [9.17, 15) is 22.8 Å². The zero-order valence-electron chi connectivity index (χ0n) is 23.9. The minimum absolute atomic E-state index is 0.173. The fourth-order valence-electron chi connectivity index (χ4n) is 4.99. The number of benzene rings is 2. The molecule has 11 nitrogen and oxygen atoms in total. The van der Waals surface area contributed by atoms with Crippen molar-refractivity contribution in [1.29, 1.82) is 0 Å². The summed E-state index contributed by atoms with van der Waals surface area (Å²) in [6, 6.07) is 10.6. The van der Waals surface area contributed by atoms with Gasteiger partial charge in [-0.1, -0.05) is 30.5 Å². The molecule has 3 N–H and O–H groups in total. The first-order chi connectivity index (χ1) is 21.6. The van der Waals surface area contributed by atoms with Gasteiger partial charge in [0.2, 0.25) is 5.91 Å². The third-order valence-electron chi connectivity index (χ3n) is 7.18. The molecule has 4 aromatic rings. The molecule has 2 amide bonds. The molecule has 5 rings (SSSR count). The van der Waals surface area contributed by atoms with Gasteiger partial charge in [0.25, 0.3) is 0 Å².